The molecule has 27 heavy (non-hydrogen) atoms. The van der Waals surface area contributed by atoms with Gasteiger partial charge in [-0.3, -0.25) is 4.98 Å². The molecule has 2 saturated heterocycles. The SMILES string of the molecule is Cc1cc(N2CCCN(C(=O)NC[C@H]3CCN(CC(C)C)C3)CC2)ccn1. The zero-order chi connectivity index (χ0) is 19.2. The van der Waals surface area contributed by atoms with Gasteiger partial charge in [-0.05, 0) is 50.3 Å². The third-order valence-corrected chi connectivity index (χ3v) is 5.56. The number of amides is 2. The maximum atomic E-state index is 12.6. The van der Waals surface area contributed by atoms with Gasteiger partial charge in [-0.25, -0.2) is 4.79 Å². The average Bonchev–Trinajstić information content (AvgIpc) is 2.92. The van der Waals surface area contributed by atoms with Crippen LogP contribution in [0.4, 0.5) is 10.5 Å². The van der Waals surface area contributed by atoms with Gasteiger partial charge in [0.05, 0.1) is 0 Å². The molecule has 0 spiro atoms. The molecular weight excluding hydrogens is 338 g/mol. The number of pyridine rings is 1. The Balaban J connectivity index is 1.43. The molecule has 0 unspecified atom stereocenters. The van der Waals surface area contributed by atoms with E-state index in [0.29, 0.717) is 11.8 Å². The molecule has 150 valence electrons. The highest BCUT2D eigenvalue weighted by atomic mass is 16.2. The third kappa shape index (κ3) is 5.83. The van der Waals surface area contributed by atoms with Crippen LogP contribution < -0.4 is 10.2 Å². The molecule has 2 aliphatic rings. The maximum Gasteiger partial charge on any atom is 0.317 e. The largest absolute Gasteiger partial charge is 0.370 e. The number of nitrogens with zero attached hydrogens (tertiary/aromatic N) is 4. The topological polar surface area (TPSA) is 51.7 Å². The summed E-state index contributed by atoms with van der Waals surface area (Å²) < 4.78 is 0. The van der Waals surface area contributed by atoms with Crippen molar-refractivity contribution in [1.29, 1.82) is 0 Å². The Labute approximate surface area is 163 Å². The van der Waals surface area contributed by atoms with Crippen LogP contribution in [0.5, 0.6) is 0 Å². The number of rotatable bonds is 5. The summed E-state index contributed by atoms with van der Waals surface area (Å²) in [6, 6.07) is 4.29. The minimum absolute atomic E-state index is 0.102. The first-order valence-corrected chi connectivity index (χ1v) is 10.4. The van der Waals surface area contributed by atoms with Gasteiger partial charge >= 0.3 is 6.03 Å². The smallest absolute Gasteiger partial charge is 0.317 e. The van der Waals surface area contributed by atoms with Crippen molar-refractivity contribution in [3.63, 3.8) is 0 Å². The molecule has 2 amide bonds. The number of carbonyl (C=O) groups is 1. The van der Waals surface area contributed by atoms with E-state index in [2.05, 4.69) is 46.1 Å². The van der Waals surface area contributed by atoms with Gasteiger partial charge in [0.2, 0.25) is 0 Å². The average molecular weight is 374 g/mol. The third-order valence-electron chi connectivity index (χ3n) is 5.56. The van der Waals surface area contributed by atoms with Gasteiger partial charge in [0.25, 0.3) is 0 Å². The second kappa shape index (κ2) is 9.40. The van der Waals surface area contributed by atoms with Gasteiger partial charge < -0.3 is 20.0 Å². The van der Waals surface area contributed by atoms with E-state index >= 15 is 0 Å². The molecule has 1 atom stereocenters. The van der Waals surface area contributed by atoms with Crippen LogP contribution in [0.1, 0.15) is 32.4 Å². The van der Waals surface area contributed by atoms with Gasteiger partial charge in [-0.15, -0.1) is 0 Å². The molecule has 1 aromatic rings. The van der Waals surface area contributed by atoms with Crippen molar-refractivity contribution in [2.45, 2.75) is 33.6 Å². The highest BCUT2D eigenvalue weighted by Gasteiger charge is 2.25. The zero-order valence-electron chi connectivity index (χ0n) is 17.2. The van der Waals surface area contributed by atoms with E-state index in [9.17, 15) is 4.79 Å². The van der Waals surface area contributed by atoms with E-state index < -0.39 is 0 Å². The minimum Gasteiger partial charge on any atom is -0.370 e. The number of hydrogen-bond acceptors (Lipinski definition) is 4. The van der Waals surface area contributed by atoms with Gasteiger partial charge in [0.15, 0.2) is 0 Å². The molecule has 1 aromatic heterocycles. The van der Waals surface area contributed by atoms with Gasteiger partial charge in [0, 0.05) is 63.4 Å². The quantitative estimate of drug-likeness (QED) is 0.862. The lowest BCUT2D eigenvalue weighted by Crippen LogP contribution is -2.44. The van der Waals surface area contributed by atoms with Crippen molar-refractivity contribution in [2.24, 2.45) is 11.8 Å². The van der Waals surface area contributed by atoms with Crippen molar-refractivity contribution in [2.75, 3.05) is 57.3 Å². The zero-order valence-corrected chi connectivity index (χ0v) is 17.2. The molecule has 0 radical (unpaired) electrons. The van der Waals surface area contributed by atoms with Crippen LogP contribution in [0.3, 0.4) is 0 Å². The predicted octanol–water partition coefficient (Wildman–Crippen LogP) is 2.59. The number of nitrogens with one attached hydrogen (secondary N) is 1. The molecule has 0 bridgehead atoms. The second-order valence-corrected chi connectivity index (χ2v) is 8.48. The molecule has 2 aliphatic heterocycles. The Morgan fingerprint density at radius 3 is 2.89 bits per heavy atom. The van der Waals surface area contributed by atoms with E-state index in [4.69, 9.17) is 0 Å². The molecule has 3 heterocycles. The summed E-state index contributed by atoms with van der Waals surface area (Å²) in [5.74, 6) is 1.30. The van der Waals surface area contributed by atoms with E-state index in [1.807, 2.05) is 18.0 Å². The van der Waals surface area contributed by atoms with Crippen LogP contribution in [0.2, 0.25) is 0 Å². The van der Waals surface area contributed by atoms with Crippen LogP contribution in [0.15, 0.2) is 18.3 Å². The molecule has 0 aliphatic carbocycles. The van der Waals surface area contributed by atoms with E-state index in [1.165, 1.54) is 25.2 Å². The Bertz CT molecular complexity index is 620. The van der Waals surface area contributed by atoms with Crippen LogP contribution in [0, 0.1) is 18.8 Å². The first kappa shape index (κ1) is 19.9. The summed E-state index contributed by atoms with van der Waals surface area (Å²) >= 11 is 0. The van der Waals surface area contributed by atoms with Crippen molar-refractivity contribution < 1.29 is 4.79 Å². The fraction of sp³-hybridized carbons (Fsp3) is 0.714. The van der Waals surface area contributed by atoms with Crippen molar-refractivity contribution in [3.05, 3.63) is 24.0 Å². The minimum atomic E-state index is 0.102. The van der Waals surface area contributed by atoms with E-state index in [1.54, 1.807) is 0 Å². The second-order valence-electron chi connectivity index (χ2n) is 8.48. The number of hydrogen-bond donors (Lipinski definition) is 1. The number of anilines is 1. The monoisotopic (exact) mass is 373 g/mol. The fourth-order valence-corrected chi connectivity index (χ4v) is 4.21. The summed E-state index contributed by atoms with van der Waals surface area (Å²) in [5.41, 5.74) is 2.25. The van der Waals surface area contributed by atoms with E-state index in [0.717, 1.165) is 51.4 Å². The molecular formula is C21H35N5O. The normalized spacial score (nSPS) is 21.6. The number of carbonyl (C=O) groups excluding carboxylic acids is 1. The van der Waals surface area contributed by atoms with Crippen molar-refractivity contribution >= 4 is 11.7 Å². The Morgan fingerprint density at radius 2 is 2.11 bits per heavy atom. The van der Waals surface area contributed by atoms with Crippen LogP contribution in [-0.4, -0.2) is 73.2 Å². The maximum absolute atomic E-state index is 12.6. The molecule has 0 aromatic carbocycles. The number of aromatic nitrogens is 1. The number of likely N-dealkylation sites (tertiary alicyclic amines) is 1. The van der Waals surface area contributed by atoms with Gasteiger partial charge in [-0.1, -0.05) is 13.8 Å². The standard InChI is InChI=1S/C21H35N5O/c1-17(2)15-24-10-6-19(16-24)14-23-21(27)26-9-4-8-25(11-12-26)20-5-7-22-18(3)13-20/h5,7,13,17,19H,4,6,8-12,14-16H2,1-3H3,(H,23,27)/t19-/m1/s1. The van der Waals surface area contributed by atoms with Crippen molar-refractivity contribution in [1.82, 2.24) is 20.1 Å². The Kier molecular flexibility index (Phi) is 6.94. The van der Waals surface area contributed by atoms with Crippen LogP contribution in [0.25, 0.3) is 0 Å². The highest BCUT2D eigenvalue weighted by molar-refractivity contribution is 5.74. The van der Waals surface area contributed by atoms with Crippen LogP contribution in [-0.2, 0) is 0 Å². The summed E-state index contributed by atoms with van der Waals surface area (Å²) in [7, 11) is 0. The van der Waals surface area contributed by atoms with Crippen molar-refractivity contribution in [3.8, 4) is 0 Å². The molecule has 2 fully saturated rings. The van der Waals surface area contributed by atoms with E-state index in [-0.39, 0.29) is 6.03 Å². The highest BCUT2D eigenvalue weighted by Crippen LogP contribution is 2.18. The molecule has 6 heteroatoms. The summed E-state index contributed by atoms with van der Waals surface area (Å²) in [5, 5.41) is 3.19. The first-order valence-electron chi connectivity index (χ1n) is 10.4. The first-order chi connectivity index (χ1) is 13.0. The molecule has 6 nitrogen and oxygen atoms in total. The molecule has 1 N–H and O–H groups in total. The Morgan fingerprint density at radius 1 is 1.26 bits per heavy atom. The van der Waals surface area contributed by atoms with Crippen LogP contribution >= 0.6 is 0 Å². The summed E-state index contributed by atoms with van der Waals surface area (Å²) in [4.78, 5) is 23.8. The summed E-state index contributed by atoms with van der Waals surface area (Å²) in [6.45, 7) is 14.3. The summed E-state index contributed by atoms with van der Waals surface area (Å²) in [6.07, 6.45) is 4.06. The van der Waals surface area contributed by atoms with Gasteiger partial charge in [-0.2, -0.15) is 0 Å². The lowest BCUT2D eigenvalue weighted by molar-refractivity contribution is 0.199. The number of urea groups is 1. The lowest BCUT2D eigenvalue weighted by atomic mass is 10.1. The molecule has 0 saturated carbocycles. The predicted molar refractivity (Wildman–Crippen MR) is 110 cm³/mol. The number of aryl methyl sites for hydroxylation is 1. The van der Waals surface area contributed by atoms with Gasteiger partial charge in [0.1, 0.15) is 0 Å². The fourth-order valence-electron chi connectivity index (χ4n) is 4.21. The Hall–Kier alpha value is -1.82. The lowest BCUT2D eigenvalue weighted by Gasteiger charge is -2.24. The molecule has 3 rings (SSSR count).